The molecule has 3 N–H and O–H groups in total. The van der Waals surface area contributed by atoms with Gasteiger partial charge < -0.3 is 39.8 Å². The Hall–Kier alpha value is -3.54. The van der Waals surface area contributed by atoms with Crippen molar-refractivity contribution in [2.75, 3.05) is 40.5 Å². The van der Waals surface area contributed by atoms with Gasteiger partial charge in [0.05, 0.1) is 26.3 Å². The zero-order chi connectivity index (χ0) is 30.7. The Balaban J connectivity index is 2.30. The molecule has 1 aromatic rings. The SMILES string of the molecule is COCCCOc1cc(C(=O)N(C(C)C)[C@@H]2CC[C@@H](CC(=O)NCC(N)=O)N(C(=O)OC(C)(C)C)C2)ccc1OC. The maximum Gasteiger partial charge on any atom is 0.410 e. The smallest absolute Gasteiger partial charge is 0.410 e. The Morgan fingerprint density at radius 1 is 1.10 bits per heavy atom. The number of hydrogen-bond donors (Lipinski definition) is 2. The fourth-order valence-electron chi connectivity index (χ4n) is 4.74. The molecule has 1 heterocycles. The van der Waals surface area contributed by atoms with E-state index in [1.807, 2.05) is 13.8 Å². The average molecular weight is 579 g/mol. The average Bonchev–Trinajstić information content (AvgIpc) is 2.89. The minimum Gasteiger partial charge on any atom is -0.493 e. The predicted molar refractivity (Wildman–Crippen MR) is 153 cm³/mol. The van der Waals surface area contributed by atoms with Crippen LogP contribution in [0.5, 0.6) is 11.5 Å². The molecule has 2 atom stereocenters. The lowest BCUT2D eigenvalue weighted by Gasteiger charge is -2.45. The van der Waals surface area contributed by atoms with E-state index in [9.17, 15) is 19.2 Å². The van der Waals surface area contributed by atoms with Crippen molar-refractivity contribution in [3.05, 3.63) is 23.8 Å². The largest absolute Gasteiger partial charge is 0.493 e. The van der Waals surface area contributed by atoms with Gasteiger partial charge in [-0.1, -0.05) is 0 Å². The Labute approximate surface area is 242 Å². The Kier molecular flexibility index (Phi) is 12.7. The molecule has 0 radical (unpaired) electrons. The van der Waals surface area contributed by atoms with Crippen LogP contribution < -0.4 is 20.5 Å². The van der Waals surface area contributed by atoms with Crippen molar-refractivity contribution in [3.8, 4) is 11.5 Å². The quantitative estimate of drug-likeness (QED) is 0.339. The van der Waals surface area contributed by atoms with Crippen LogP contribution in [-0.4, -0.2) is 97.9 Å². The molecule has 0 bridgehead atoms. The molecule has 41 heavy (non-hydrogen) atoms. The highest BCUT2D eigenvalue weighted by atomic mass is 16.6. The molecular formula is C29H46N4O8. The van der Waals surface area contributed by atoms with Crippen LogP contribution in [-0.2, 0) is 19.1 Å². The molecule has 230 valence electrons. The van der Waals surface area contributed by atoms with Gasteiger partial charge in [0.15, 0.2) is 11.5 Å². The van der Waals surface area contributed by atoms with Gasteiger partial charge in [0, 0.05) is 50.8 Å². The van der Waals surface area contributed by atoms with Crippen molar-refractivity contribution in [3.63, 3.8) is 0 Å². The first-order valence-electron chi connectivity index (χ1n) is 13.9. The first-order valence-corrected chi connectivity index (χ1v) is 13.9. The van der Waals surface area contributed by atoms with Gasteiger partial charge in [-0.25, -0.2) is 4.79 Å². The Bertz CT molecular complexity index is 1060. The number of ether oxygens (including phenoxy) is 4. The molecule has 12 nitrogen and oxygen atoms in total. The summed E-state index contributed by atoms with van der Waals surface area (Å²) in [6, 6.07) is 4.09. The second-order valence-corrected chi connectivity index (χ2v) is 11.3. The molecule has 4 amide bonds. The number of benzene rings is 1. The van der Waals surface area contributed by atoms with Crippen LogP contribution in [0.25, 0.3) is 0 Å². The molecule has 2 rings (SSSR count). The summed E-state index contributed by atoms with van der Waals surface area (Å²) < 4.78 is 22.0. The topological polar surface area (TPSA) is 150 Å². The second kappa shape index (κ2) is 15.5. The third-order valence-electron chi connectivity index (χ3n) is 6.54. The van der Waals surface area contributed by atoms with Crippen LogP contribution >= 0.6 is 0 Å². The standard InChI is InChI=1S/C29H46N4O8/c1-19(2)33(27(36)20-9-12-23(39-7)24(15-20)40-14-8-13-38-6)22-11-10-21(16-26(35)31-17-25(30)34)32(18-22)28(37)41-29(3,4)5/h9,12,15,19,21-22H,8,10-11,13-14,16-18H2,1-7H3,(H2,30,34)(H,31,35)/t21-,22+/m0/s1. The highest BCUT2D eigenvalue weighted by Gasteiger charge is 2.39. The van der Waals surface area contributed by atoms with Gasteiger partial charge >= 0.3 is 6.09 Å². The number of nitrogens with two attached hydrogens (primary N) is 1. The number of primary amides is 1. The summed E-state index contributed by atoms with van der Waals surface area (Å²) in [5.41, 5.74) is 4.82. The summed E-state index contributed by atoms with van der Waals surface area (Å²) in [5, 5.41) is 2.48. The van der Waals surface area contributed by atoms with E-state index in [2.05, 4.69) is 5.32 Å². The van der Waals surface area contributed by atoms with Crippen LogP contribution in [0.2, 0.25) is 0 Å². The van der Waals surface area contributed by atoms with Gasteiger partial charge in [-0.05, 0) is 65.7 Å². The highest BCUT2D eigenvalue weighted by Crippen LogP contribution is 2.31. The monoisotopic (exact) mass is 578 g/mol. The number of rotatable bonds is 13. The zero-order valence-electron chi connectivity index (χ0n) is 25.4. The molecule has 0 aromatic heterocycles. The van der Waals surface area contributed by atoms with E-state index in [4.69, 9.17) is 24.7 Å². The van der Waals surface area contributed by atoms with E-state index in [1.165, 1.54) is 12.0 Å². The summed E-state index contributed by atoms with van der Waals surface area (Å²) in [4.78, 5) is 54.0. The summed E-state index contributed by atoms with van der Waals surface area (Å²) in [6.45, 7) is 9.99. The number of methoxy groups -OCH3 is 2. The molecule has 1 aliphatic heterocycles. The van der Waals surface area contributed by atoms with Crippen LogP contribution in [0.3, 0.4) is 0 Å². The Morgan fingerprint density at radius 3 is 2.39 bits per heavy atom. The van der Waals surface area contributed by atoms with Crippen molar-refractivity contribution in [2.24, 2.45) is 5.73 Å². The fourth-order valence-corrected chi connectivity index (χ4v) is 4.74. The number of hydrogen-bond acceptors (Lipinski definition) is 8. The zero-order valence-corrected chi connectivity index (χ0v) is 25.4. The first-order chi connectivity index (χ1) is 19.3. The van der Waals surface area contributed by atoms with Crippen LogP contribution in [0.1, 0.15) is 70.7 Å². The summed E-state index contributed by atoms with van der Waals surface area (Å²) in [5.74, 6) is -0.287. The van der Waals surface area contributed by atoms with Crippen LogP contribution in [0.4, 0.5) is 4.79 Å². The maximum atomic E-state index is 13.9. The molecule has 0 saturated carbocycles. The van der Waals surface area contributed by atoms with Crippen LogP contribution in [0, 0.1) is 0 Å². The highest BCUT2D eigenvalue weighted by molar-refractivity contribution is 5.95. The molecule has 1 aromatic carbocycles. The Morgan fingerprint density at radius 2 is 1.80 bits per heavy atom. The number of carbonyl (C=O) groups excluding carboxylic acids is 4. The van der Waals surface area contributed by atoms with E-state index in [0.717, 1.165) is 0 Å². The lowest BCUT2D eigenvalue weighted by atomic mass is 9.93. The number of piperidine rings is 1. The lowest BCUT2D eigenvalue weighted by Crippen LogP contribution is -2.58. The molecule has 0 aliphatic carbocycles. The van der Waals surface area contributed by atoms with Gasteiger partial charge in [-0.15, -0.1) is 0 Å². The summed E-state index contributed by atoms with van der Waals surface area (Å²) in [7, 11) is 3.16. The molecule has 0 spiro atoms. The number of nitrogens with zero attached hydrogens (tertiary/aromatic N) is 2. The summed E-state index contributed by atoms with van der Waals surface area (Å²) in [6.07, 6.45) is 1.12. The molecular weight excluding hydrogens is 532 g/mol. The van der Waals surface area contributed by atoms with Crippen molar-refractivity contribution in [1.29, 1.82) is 0 Å². The van der Waals surface area contributed by atoms with Gasteiger partial charge in [0.2, 0.25) is 11.8 Å². The normalized spacial score (nSPS) is 17.1. The number of likely N-dealkylation sites (tertiary alicyclic amines) is 1. The van der Waals surface area contributed by atoms with Gasteiger partial charge in [0.25, 0.3) is 5.91 Å². The first kappa shape index (κ1) is 33.7. The number of nitrogens with one attached hydrogen (secondary N) is 1. The molecule has 1 saturated heterocycles. The number of carbonyl (C=O) groups is 4. The summed E-state index contributed by atoms with van der Waals surface area (Å²) >= 11 is 0. The molecule has 1 aliphatic rings. The van der Waals surface area contributed by atoms with E-state index in [-0.39, 0.29) is 37.5 Å². The van der Waals surface area contributed by atoms with Crippen molar-refractivity contribution in [1.82, 2.24) is 15.1 Å². The molecule has 12 heteroatoms. The van der Waals surface area contributed by atoms with E-state index < -0.39 is 29.6 Å². The number of amides is 4. The second-order valence-electron chi connectivity index (χ2n) is 11.3. The van der Waals surface area contributed by atoms with Crippen LogP contribution in [0.15, 0.2) is 18.2 Å². The maximum absolute atomic E-state index is 13.9. The van der Waals surface area contributed by atoms with Gasteiger partial charge in [-0.2, -0.15) is 0 Å². The van der Waals surface area contributed by atoms with Crippen molar-refractivity contribution < 1.29 is 38.1 Å². The minimum atomic E-state index is -0.751. The van der Waals surface area contributed by atoms with Crippen molar-refractivity contribution in [2.45, 2.75) is 84.0 Å². The van der Waals surface area contributed by atoms with E-state index in [0.29, 0.717) is 49.5 Å². The minimum absolute atomic E-state index is 0.0167. The molecule has 0 unspecified atom stereocenters. The van der Waals surface area contributed by atoms with E-state index >= 15 is 0 Å². The van der Waals surface area contributed by atoms with E-state index in [1.54, 1.807) is 51.0 Å². The third kappa shape index (κ3) is 10.4. The van der Waals surface area contributed by atoms with Gasteiger partial charge in [-0.3, -0.25) is 14.4 Å². The lowest BCUT2D eigenvalue weighted by molar-refractivity contribution is -0.126. The predicted octanol–water partition coefficient (Wildman–Crippen LogP) is 2.72. The van der Waals surface area contributed by atoms with Crippen molar-refractivity contribution >= 4 is 23.8 Å². The fraction of sp³-hybridized carbons (Fsp3) is 0.655. The van der Waals surface area contributed by atoms with Gasteiger partial charge in [0.1, 0.15) is 5.60 Å². The third-order valence-corrected chi connectivity index (χ3v) is 6.54. The molecule has 1 fully saturated rings.